The normalized spacial score (nSPS) is 26.7. The van der Waals surface area contributed by atoms with E-state index in [2.05, 4.69) is 19.5 Å². The highest BCUT2D eigenvalue weighted by atomic mass is 35.5. The quantitative estimate of drug-likeness (QED) is 0.250. The Morgan fingerprint density at radius 3 is 2.74 bits per heavy atom. The lowest BCUT2D eigenvalue weighted by molar-refractivity contribution is -0.114. The number of halogens is 2. The second kappa shape index (κ2) is 7.78. The van der Waals surface area contributed by atoms with Gasteiger partial charge in [0.25, 0.3) is 5.56 Å². The number of aliphatic hydroxyl groups excluding tert-OH is 2. The largest absolute Gasteiger partial charge is 0.469 e. The van der Waals surface area contributed by atoms with E-state index in [1.165, 1.54) is 5.38 Å². The molecular weight excluding hydrogens is 500 g/mol. The van der Waals surface area contributed by atoms with Crippen LogP contribution in [0.4, 0.5) is 5.95 Å². The maximum Gasteiger partial charge on any atom is 0.469 e. The number of phosphoric ester groups is 1. The van der Waals surface area contributed by atoms with Gasteiger partial charge in [0.1, 0.15) is 29.0 Å². The summed E-state index contributed by atoms with van der Waals surface area (Å²) in [4.78, 5) is 40.5. The second-order valence-corrected chi connectivity index (χ2v) is 9.67. The van der Waals surface area contributed by atoms with Crippen molar-refractivity contribution in [3.63, 3.8) is 0 Å². The highest BCUT2D eigenvalue weighted by Crippen LogP contribution is 2.50. The van der Waals surface area contributed by atoms with Crippen LogP contribution >= 0.6 is 42.4 Å². The fourth-order valence-corrected chi connectivity index (χ4v) is 5.31. The van der Waals surface area contributed by atoms with Crippen molar-refractivity contribution in [2.75, 3.05) is 12.3 Å². The van der Waals surface area contributed by atoms with Gasteiger partial charge in [-0.3, -0.25) is 18.9 Å². The molecule has 0 unspecified atom stereocenters. The zero-order valence-corrected chi connectivity index (χ0v) is 18.3. The maximum absolute atomic E-state index is 12.2. The number of ether oxygens (including phenoxy) is 1. The van der Waals surface area contributed by atoms with Gasteiger partial charge in [-0.2, -0.15) is 4.98 Å². The molecule has 3 aromatic heterocycles. The molecule has 13 nitrogen and oxygen atoms in total. The highest BCUT2D eigenvalue weighted by Gasteiger charge is 2.59. The number of aromatic nitrogens is 4. The number of rotatable bonds is 5. The summed E-state index contributed by atoms with van der Waals surface area (Å²) in [6.07, 6.45) is -3.84. The molecule has 0 aromatic carbocycles. The minimum atomic E-state index is -4.91. The summed E-state index contributed by atoms with van der Waals surface area (Å²) < 4.78 is 22.7. The van der Waals surface area contributed by atoms with Crippen LogP contribution in [0, 0.1) is 0 Å². The summed E-state index contributed by atoms with van der Waals surface area (Å²) in [7, 11) is -4.91. The van der Waals surface area contributed by atoms with Gasteiger partial charge >= 0.3 is 7.82 Å². The number of nitrogens with two attached hydrogens (primary N) is 1. The summed E-state index contributed by atoms with van der Waals surface area (Å²) in [5.74, 6) is -0.258. The number of H-pyrrole nitrogens is 1. The molecule has 7 N–H and O–H groups in total. The van der Waals surface area contributed by atoms with Crippen molar-refractivity contribution in [2.24, 2.45) is 0 Å². The van der Waals surface area contributed by atoms with Gasteiger partial charge in [-0.15, -0.1) is 11.3 Å². The molecule has 17 heteroatoms. The maximum atomic E-state index is 12.2. The van der Waals surface area contributed by atoms with Crippen molar-refractivity contribution in [3.8, 4) is 0 Å². The molecule has 4 rings (SSSR count). The molecule has 0 saturated carbocycles. The number of hydrogen-bond acceptors (Lipinski definition) is 10. The van der Waals surface area contributed by atoms with Crippen LogP contribution in [0.25, 0.3) is 11.2 Å². The lowest BCUT2D eigenvalue weighted by Crippen LogP contribution is -2.46. The van der Waals surface area contributed by atoms with Gasteiger partial charge in [-0.25, -0.2) is 9.55 Å². The smallest absolute Gasteiger partial charge is 0.387 e. The number of thiophene rings is 1. The van der Waals surface area contributed by atoms with Gasteiger partial charge in [0.2, 0.25) is 11.7 Å². The average molecular weight is 514 g/mol. The first-order valence-corrected chi connectivity index (χ1v) is 11.5. The predicted octanol–water partition coefficient (Wildman–Crippen LogP) is 0.00110. The van der Waals surface area contributed by atoms with Gasteiger partial charge in [-0.1, -0.05) is 23.2 Å². The Hall–Kier alpha value is -1.58. The zero-order chi connectivity index (χ0) is 22.7. The Morgan fingerprint density at radius 2 is 2.13 bits per heavy atom. The number of anilines is 1. The van der Waals surface area contributed by atoms with Gasteiger partial charge in [0.05, 0.1) is 17.2 Å². The molecule has 31 heavy (non-hydrogen) atoms. The molecule has 4 atom stereocenters. The number of imidazole rings is 1. The van der Waals surface area contributed by atoms with Crippen LogP contribution in [0.3, 0.4) is 0 Å². The molecule has 1 aliphatic rings. The summed E-state index contributed by atoms with van der Waals surface area (Å²) in [5, 5.41) is 23.2. The number of nitrogens with zero attached hydrogens (tertiary/aromatic N) is 3. The molecule has 1 aliphatic heterocycles. The van der Waals surface area contributed by atoms with Crippen LogP contribution in [-0.2, 0) is 19.6 Å². The van der Waals surface area contributed by atoms with Crippen LogP contribution in [0.1, 0.15) is 5.56 Å². The number of fused-ring (bicyclic) bond motifs is 1. The Balaban J connectivity index is 1.95. The van der Waals surface area contributed by atoms with Crippen molar-refractivity contribution in [3.05, 3.63) is 37.0 Å². The molecule has 0 aliphatic carbocycles. The van der Waals surface area contributed by atoms with E-state index in [1.54, 1.807) is 0 Å². The van der Waals surface area contributed by atoms with Crippen LogP contribution in [0.5, 0.6) is 0 Å². The summed E-state index contributed by atoms with van der Waals surface area (Å²) >= 11 is 13.6. The van der Waals surface area contributed by atoms with E-state index in [0.717, 1.165) is 22.2 Å². The van der Waals surface area contributed by atoms with Crippen molar-refractivity contribution in [2.45, 2.75) is 24.0 Å². The molecule has 0 bridgehead atoms. The number of aliphatic hydroxyl groups is 2. The number of nitrogens with one attached hydrogen (secondary N) is 1. The van der Waals surface area contributed by atoms with Gasteiger partial charge in [0, 0.05) is 5.38 Å². The second-order valence-electron chi connectivity index (χ2n) is 6.54. The molecule has 1 fully saturated rings. The lowest BCUT2D eigenvalue weighted by atomic mass is 9.96. The Kier molecular flexibility index (Phi) is 5.67. The molecular formula is C14H14Cl2N5O8PS. The first-order chi connectivity index (χ1) is 14.5. The predicted molar refractivity (Wildman–Crippen MR) is 109 cm³/mol. The summed E-state index contributed by atoms with van der Waals surface area (Å²) in [6, 6.07) is 0. The summed E-state index contributed by atoms with van der Waals surface area (Å²) in [6.45, 7) is -0.785. The molecule has 0 radical (unpaired) electrons. The lowest BCUT2D eigenvalue weighted by Gasteiger charge is -2.34. The van der Waals surface area contributed by atoms with Gasteiger partial charge in [0.15, 0.2) is 11.2 Å². The third kappa shape index (κ3) is 3.68. The Morgan fingerprint density at radius 1 is 1.42 bits per heavy atom. The topological polar surface area (TPSA) is 206 Å². The van der Waals surface area contributed by atoms with Crippen LogP contribution in [0.2, 0.25) is 9.36 Å². The SMILES string of the molecule is Nc1nc2c(ncn2[C@]2(c3c(Cl)csc3Cl)O[C@H](COP(=O)(O)O)[C@@H](O)[C@H]2O)c(=O)[nH]1. The van der Waals surface area contributed by atoms with Gasteiger partial charge in [-0.05, 0) is 0 Å². The third-order valence-electron chi connectivity index (χ3n) is 4.69. The molecule has 4 heterocycles. The summed E-state index contributed by atoms with van der Waals surface area (Å²) in [5.41, 5.74) is 2.62. The van der Waals surface area contributed by atoms with Crippen molar-refractivity contribution < 1.29 is 33.8 Å². The zero-order valence-electron chi connectivity index (χ0n) is 15.0. The van der Waals surface area contributed by atoms with E-state index in [9.17, 15) is 19.6 Å². The number of hydrogen-bond donors (Lipinski definition) is 6. The van der Waals surface area contributed by atoms with Crippen molar-refractivity contribution >= 4 is 59.5 Å². The van der Waals surface area contributed by atoms with Crippen LogP contribution in [-0.4, -0.2) is 64.4 Å². The van der Waals surface area contributed by atoms with E-state index in [4.69, 9.17) is 43.5 Å². The van der Waals surface area contributed by atoms with Crippen molar-refractivity contribution in [1.29, 1.82) is 0 Å². The number of aromatic amines is 1. The first-order valence-electron chi connectivity index (χ1n) is 8.36. The standard InChI is InChI=1S/C14H14Cl2N5O8PS/c15-4-2-31-10(16)6(4)14(9(23)8(22)5(29-14)1-28-30(25,26)27)21-3-18-7-11(21)19-13(17)20-12(7)24/h2-3,5,8-9,22-23H,1H2,(H2,25,26,27)(H3,17,19,20,24)/t5-,8-,9-,14-/m1/s1. The van der Waals surface area contributed by atoms with E-state index in [-0.39, 0.29) is 32.0 Å². The van der Waals surface area contributed by atoms with Crippen LogP contribution in [0.15, 0.2) is 16.5 Å². The molecule has 168 valence electrons. The number of phosphoric acid groups is 1. The fraction of sp³-hybridized carbons (Fsp3) is 0.357. The minimum Gasteiger partial charge on any atom is -0.387 e. The fourth-order valence-electron chi connectivity index (χ4n) is 3.43. The van der Waals surface area contributed by atoms with E-state index < -0.39 is 44.0 Å². The van der Waals surface area contributed by atoms with E-state index in [0.29, 0.717) is 0 Å². The van der Waals surface area contributed by atoms with E-state index in [1.807, 2.05) is 0 Å². The van der Waals surface area contributed by atoms with Crippen LogP contribution < -0.4 is 11.3 Å². The molecule has 3 aromatic rings. The Labute approximate surface area is 186 Å². The minimum absolute atomic E-state index is 0.0195. The highest BCUT2D eigenvalue weighted by molar-refractivity contribution is 7.46. The molecule has 1 saturated heterocycles. The van der Waals surface area contributed by atoms with E-state index >= 15 is 0 Å². The molecule has 0 amide bonds. The number of nitrogen functional groups attached to an aromatic ring is 1. The first kappa shape index (κ1) is 22.6. The Bertz CT molecular complexity index is 1240. The van der Waals surface area contributed by atoms with Crippen molar-refractivity contribution in [1.82, 2.24) is 19.5 Å². The van der Waals surface area contributed by atoms with Gasteiger partial charge < -0.3 is 30.5 Å². The third-order valence-corrected chi connectivity index (χ3v) is 6.82. The molecule has 0 spiro atoms. The monoisotopic (exact) mass is 513 g/mol. The average Bonchev–Trinajstić information content (AvgIpc) is 3.31.